The Morgan fingerprint density at radius 1 is 1.25 bits per heavy atom. The Balaban J connectivity index is 1.71. The largest absolute Gasteiger partial charge is 0.381 e. The molecule has 2 bridgehead atoms. The van der Waals surface area contributed by atoms with Crippen LogP contribution in [0.15, 0.2) is 24.3 Å². The Labute approximate surface area is 97.6 Å². The quantitative estimate of drug-likeness (QED) is 0.817. The molecule has 0 aromatic heterocycles. The minimum Gasteiger partial charge on any atom is -0.381 e. The number of rotatable bonds is 2. The molecular formula is C14H20N2. The number of nitrogens with zero attached hydrogens (tertiary/aromatic N) is 1. The summed E-state index contributed by atoms with van der Waals surface area (Å²) in [6.45, 7) is 6.02. The van der Waals surface area contributed by atoms with Gasteiger partial charge in [-0.05, 0) is 56.5 Å². The van der Waals surface area contributed by atoms with E-state index in [1.807, 2.05) is 0 Å². The minimum atomic E-state index is 0.671. The lowest BCUT2D eigenvalue weighted by atomic mass is 9.84. The van der Waals surface area contributed by atoms with E-state index in [9.17, 15) is 0 Å². The lowest BCUT2D eigenvalue weighted by Gasteiger charge is -2.45. The zero-order valence-electron chi connectivity index (χ0n) is 9.95. The average Bonchev–Trinajstić information content (AvgIpc) is 2.30. The Kier molecular flexibility index (Phi) is 2.60. The number of hydrogen-bond donors (Lipinski definition) is 1. The fraction of sp³-hybridized carbons (Fsp3) is 0.571. The van der Waals surface area contributed by atoms with Gasteiger partial charge in [-0.1, -0.05) is 12.1 Å². The first kappa shape index (κ1) is 10.2. The number of anilines is 1. The van der Waals surface area contributed by atoms with Crippen LogP contribution in [0.4, 0.5) is 5.69 Å². The van der Waals surface area contributed by atoms with Crippen LogP contribution in [0.1, 0.15) is 18.4 Å². The number of aryl methyl sites for hydroxylation is 1. The molecule has 16 heavy (non-hydrogen) atoms. The summed E-state index contributed by atoms with van der Waals surface area (Å²) in [6.07, 6.45) is 2.76. The van der Waals surface area contributed by atoms with E-state index < -0.39 is 0 Å². The fourth-order valence-corrected chi connectivity index (χ4v) is 3.08. The van der Waals surface area contributed by atoms with E-state index in [0.29, 0.717) is 6.04 Å². The van der Waals surface area contributed by atoms with Crippen molar-refractivity contribution in [3.63, 3.8) is 0 Å². The van der Waals surface area contributed by atoms with Crippen molar-refractivity contribution >= 4 is 5.69 Å². The molecule has 4 rings (SSSR count). The van der Waals surface area contributed by atoms with Gasteiger partial charge in [-0.25, -0.2) is 0 Å². The molecular weight excluding hydrogens is 196 g/mol. The molecule has 3 aliphatic heterocycles. The highest BCUT2D eigenvalue weighted by atomic mass is 15.2. The van der Waals surface area contributed by atoms with Gasteiger partial charge in [0.25, 0.3) is 0 Å². The topological polar surface area (TPSA) is 15.3 Å². The number of hydrogen-bond acceptors (Lipinski definition) is 2. The van der Waals surface area contributed by atoms with Crippen LogP contribution in [0.25, 0.3) is 0 Å². The summed E-state index contributed by atoms with van der Waals surface area (Å²) in [5, 5.41) is 3.71. The van der Waals surface area contributed by atoms with Gasteiger partial charge in [0.2, 0.25) is 0 Å². The maximum atomic E-state index is 3.71. The molecule has 86 valence electrons. The highest BCUT2D eigenvalue weighted by molar-refractivity contribution is 5.46. The molecule has 0 amide bonds. The Bertz CT molecular complexity index is 367. The van der Waals surface area contributed by atoms with Gasteiger partial charge in [0.05, 0.1) is 0 Å². The SMILES string of the molecule is Cc1cccc(NC2CN3CCC2CC3)c1. The van der Waals surface area contributed by atoms with Gasteiger partial charge >= 0.3 is 0 Å². The van der Waals surface area contributed by atoms with Gasteiger partial charge in [0.15, 0.2) is 0 Å². The molecule has 3 heterocycles. The van der Waals surface area contributed by atoms with Crippen molar-refractivity contribution in [2.75, 3.05) is 25.0 Å². The highest BCUT2D eigenvalue weighted by Crippen LogP contribution is 2.29. The number of piperidine rings is 3. The van der Waals surface area contributed by atoms with E-state index in [1.165, 1.54) is 43.7 Å². The van der Waals surface area contributed by atoms with Gasteiger partial charge in [-0.2, -0.15) is 0 Å². The fourth-order valence-electron chi connectivity index (χ4n) is 3.08. The summed E-state index contributed by atoms with van der Waals surface area (Å²) in [7, 11) is 0. The third-order valence-electron chi connectivity index (χ3n) is 4.03. The second-order valence-electron chi connectivity index (χ2n) is 5.26. The number of fused-ring (bicyclic) bond motifs is 3. The van der Waals surface area contributed by atoms with Crippen LogP contribution in [0.3, 0.4) is 0 Å². The standard InChI is InChI=1S/C14H20N2/c1-11-3-2-4-13(9-11)15-14-10-16-7-5-12(14)6-8-16/h2-4,9,12,14-15H,5-8,10H2,1H3. The van der Waals surface area contributed by atoms with E-state index in [1.54, 1.807) is 0 Å². The van der Waals surface area contributed by atoms with Crippen LogP contribution in [0.5, 0.6) is 0 Å². The van der Waals surface area contributed by atoms with E-state index >= 15 is 0 Å². The zero-order valence-corrected chi connectivity index (χ0v) is 9.95. The smallest absolute Gasteiger partial charge is 0.0417 e. The summed E-state index contributed by atoms with van der Waals surface area (Å²) >= 11 is 0. The van der Waals surface area contributed by atoms with Crippen LogP contribution in [-0.4, -0.2) is 30.6 Å². The molecule has 2 heteroatoms. The second-order valence-corrected chi connectivity index (χ2v) is 5.26. The summed E-state index contributed by atoms with van der Waals surface area (Å²) < 4.78 is 0. The van der Waals surface area contributed by atoms with E-state index in [0.717, 1.165) is 5.92 Å². The molecule has 1 atom stereocenters. The van der Waals surface area contributed by atoms with Crippen LogP contribution in [-0.2, 0) is 0 Å². The normalized spacial score (nSPS) is 32.7. The van der Waals surface area contributed by atoms with Gasteiger partial charge in [0, 0.05) is 18.3 Å². The average molecular weight is 216 g/mol. The molecule has 0 radical (unpaired) electrons. The lowest BCUT2D eigenvalue weighted by Crippen LogP contribution is -2.53. The third kappa shape index (κ3) is 1.94. The molecule has 3 saturated heterocycles. The van der Waals surface area contributed by atoms with Gasteiger partial charge in [-0.3, -0.25) is 0 Å². The molecule has 1 unspecified atom stereocenters. The predicted octanol–water partition coefficient (Wildman–Crippen LogP) is 2.50. The molecule has 3 fully saturated rings. The van der Waals surface area contributed by atoms with Crippen molar-refractivity contribution in [2.24, 2.45) is 5.92 Å². The minimum absolute atomic E-state index is 0.671. The molecule has 0 saturated carbocycles. The Morgan fingerprint density at radius 3 is 2.69 bits per heavy atom. The van der Waals surface area contributed by atoms with Crippen molar-refractivity contribution in [1.82, 2.24) is 4.90 Å². The van der Waals surface area contributed by atoms with Gasteiger partial charge < -0.3 is 10.2 Å². The second kappa shape index (κ2) is 4.10. The molecule has 1 N–H and O–H groups in total. The predicted molar refractivity (Wildman–Crippen MR) is 67.8 cm³/mol. The summed E-state index contributed by atoms with van der Waals surface area (Å²) in [5.41, 5.74) is 2.63. The zero-order chi connectivity index (χ0) is 11.0. The van der Waals surface area contributed by atoms with Crippen molar-refractivity contribution < 1.29 is 0 Å². The van der Waals surface area contributed by atoms with Crippen molar-refractivity contribution in [1.29, 1.82) is 0 Å². The molecule has 2 nitrogen and oxygen atoms in total. The molecule has 1 aromatic carbocycles. The van der Waals surface area contributed by atoms with Crippen LogP contribution in [0.2, 0.25) is 0 Å². The van der Waals surface area contributed by atoms with Crippen LogP contribution >= 0.6 is 0 Å². The lowest BCUT2D eigenvalue weighted by molar-refractivity contribution is 0.0975. The summed E-state index contributed by atoms with van der Waals surface area (Å²) in [4.78, 5) is 2.59. The number of nitrogens with one attached hydrogen (secondary N) is 1. The Morgan fingerprint density at radius 2 is 2.06 bits per heavy atom. The van der Waals surface area contributed by atoms with E-state index in [-0.39, 0.29) is 0 Å². The van der Waals surface area contributed by atoms with Gasteiger partial charge in [-0.15, -0.1) is 0 Å². The van der Waals surface area contributed by atoms with E-state index in [4.69, 9.17) is 0 Å². The van der Waals surface area contributed by atoms with E-state index in [2.05, 4.69) is 41.4 Å². The van der Waals surface area contributed by atoms with Crippen molar-refractivity contribution in [3.05, 3.63) is 29.8 Å². The highest BCUT2D eigenvalue weighted by Gasteiger charge is 2.33. The monoisotopic (exact) mass is 216 g/mol. The third-order valence-corrected chi connectivity index (χ3v) is 4.03. The molecule has 3 aliphatic rings. The van der Waals surface area contributed by atoms with Crippen molar-refractivity contribution in [2.45, 2.75) is 25.8 Å². The maximum absolute atomic E-state index is 3.71. The van der Waals surface area contributed by atoms with Crippen molar-refractivity contribution in [3.8, 4) is 0 Å². The first-order valence-electron chi connectivity index (χ1n) is 6.37. The summed E-state index contributed by atoms with van der Waals surface area (Å²) in [6, 6.07) is 9.40. The Hall–Kier alpha value is -1.02. The first-order valence-corrected chi connectivity index (χ1v) is 6.37. The van der Waals surface area contributed by atoms with Crippen LogP contribution in [0, 0.1) is 12.8 Å². The molecule has 0 aliphatic carbocycles. The first-order chi connectivity index (χ1) is 7.81. The van der Waals surface area contributed by atoms with Crippen LogP contribution < -0.4 is 5.32 Å². The molecule has 1 aromatic rings. The summed E-state index contributed by atoms with van der Waals surface area (Å²) in [5.74, 6) is 0.894. The van der Waals surface area contributed by atoms with Gasteiger partial charge in [0.1, 0.15) is 0 Å². The maximum Gasteiger partial charge on any atom is 0.0417 e. The molecule has 0 spiro atoms. The number of benzene rings is 1.